The molecule has 0 amide bonds. The molecule has 0 aliphatic heterocycles. The van der Waals surface area contributed by atoms with Gasteiger partial charge in [-0.15, -0.1) is 0 Å². The number of hydrogen-bond acceptors (Lipinski definition) is 1. The van der Waals surface area contributed by atoms with Crippen LogP contribution in [0.5, 0.6) is 0 Å². The molecule has 0 spiro atoms. The van der Waals surface area contributed by atoms with Crippen LogP contribution in [0.4, 0.5) is 0 Å². The Hall–Kier alpha value is -0.960. The average Bonchev–Trinajstić information content (AvgIpc) is 2.25. The van der Waals surface area contributed by atoms with E-state index < -0.39 is 11.0 Å². The summed E-state index contributed by atoms with van der Waals surface area (Å²) in [6, 6.07) is 8.18. The molecule has 1 atom stereocenters. The summed E-state index contributed by atoms with van der Waals surface area (Å²) in [4.78, 5) is 0. The highest BCUT2D eigenvalue weighted by Gasteiger charge is 2.18. The summed E-state index contributed by atoms with van der Waals surface area (Å²) in [5.41, 5.74) is 2.28. The Labute approximate surface area is 107 Å². The molecule has 0 aliphatic carbocycles. The summed E-state index contributed by atoms with van der Waals surface area (Å²) in [6.07, 6.45) is 1.70. The van der Waals surface area contributed by atoms with Crippen molar-refractivity contribution >= 4 is 17.2 Å². The minimum atomic E-state index is -1.19. The van der Waals surface area contributed by atoms with E-state index in [1.54, 1.807) is 6.21 Å². The minimum Gasteiger partial charge on any atom is -0.234 e. The van der Waals surface area contributed by atoms with Gasteiger partial charge in [-0.05, 0) is 43.9 Å². The lowest BCUT2D eigenvalue weighted by atomic mass is 10.0. The SMILES string of the molecule is CC(C)c1cccc(/C=N/S(=O)C(C)(C)C)c1. The molecule has 0 fully saturated rings. The highest BCUT2D eigenvalue weighted by Crippen LogP contribution is 2.16. The zero-order valence-corrected chi connectivity index (χ0v) is 12.0. The first kappa shape index (κ1) is 14.1. The fourth-order valence-electron chi connectivity index (χ4n) is 1.27. The molecule has 0 N–H and O–H groups in total. The van der Waals surface area contributed by atoms with Crippen molar-refractivity contribution in [2.75, 3.05) is 0 Å². The Bertz CT molecular complexity index is 430. The van der Waals surface area contributed by atoms with Crippen molar-refractivity contribution in [3.63, 3.8) is 0 Å². The third-order valence-corrected chi connectivity index (χ3v) is 3.74. The second-order valence-corrected chi connectivity index (χ2v) is 7.35. The minimum absolute atomic E-state index is 0.299. The zero-order chi connectivity index (χ0) is 13.1. The molecule has 0 radical (unpaired) electrons. The molecular weight excluding hydrogens is 230 g/mol. The van der Waals surface area contributed by atoms with Gasteiger partial charge in [-0.25, -0.2) is 4.21 Å². The topological polar surface area (TPSA) is 29.4 Å². The first-order valence-corrected chi connectivity index (χ1v) is 6.97. The van der Waals surface area contributed by atoms with Gasteiger partial charge in [0.15, 0.2) is 0 Å². The van der Waals surface area contributed by atoms with Crippen molar-refractivity contribution in [2.24, 2.45) is 4.40 Å². The summed E-state index contributed by atoms with van der Waals surface area (Å²) in [5.74, 6) is 0.497. The largest absolute Gasteiger partial charge is 0.234 e. The number of nitrogens with zero attached hydrogens (tertiary/aromatic N) is 1. The molecule has 0 bridgehead atoms. The molecule has 0 saturated heterocycles. The van der Waals surface area contributed by atoms with Crippen LogP contribution >= 0.6 is 0 Å². The predicted octanol–water partition coefficient (Wildman–Crippen LogP) is 3.69. The van der Waals surface area contributed by atoms with Gasteiger partial charge in [-0.3, -0.25) is 0 Å². The number of hydrogen-bond donors (Lipinski definition) is 0. The maximum absolute atomic E-state index is 11.8. The van der Waals surface area contributed by atoms with Crippen LogP contribution in [0, 0.1) is 0 Å². The lowest BCUT2D eigenvalue weighted by molar-refractivity contribution is 0.651. The van der Waals surface area contributed by atoms with E-state index in [4.69, 9.17) is 0 Å². The van der Waals surface area contributed by atoms with Gasteiger partial charge in [0.05, 0.1) is 4.75 Å². The van der Waals surface area contributed by atoms with Gasteiger partial charge in [0, 0.05) is 6.21 Å². The number of benzene rings is 1. The molecule has 0 aromatic heterocycles. The first-order valence-electron chi connectivity index (χ1n) is 5.86. The van der Waals surface area contributed by atoms with E-state index in [0.717, 1.165) is 5.56 Å². The summed E-state index contributed by atoms with van der Waals surface area (Å²) in [7, 11) is -1.19. The van der Waals surface area contributed by atoms with Crippen LogP contribution in [-0.2, 0) is 11.0 Å². The highest BCUT2D eigenvalue weighted by atomic mass is 32.2. The van der Waals surface area contributed by atoms with Crippen molar-refractivity contribution in [1.82, 2.24) is 0 Å². The van der Waals surface area contributed by atoms with Crippen molar-refractivity contribution < 1.29 is 4.21 Å². The average molecular weight is 251 g/mol. The van der Waals surface area contributed by atoms with Crippen LogP contribution in [0.25, 0.3) is 0 Å². The van der Waals surface area contributed by atoms with Crippen molar-refractivity contribution in [2.45, 2.75) is 45.3 Å². The van der Waals surface area contributed by atoms with E-state index >= 15 is 0 Å². The third-order valence-electron chi connectivity index (χ3n) is 2.40. The molecule has 2 nitrogen and oxygen atoms in total. The predicted molar refractivity (Wildman–Crippen MR) is 76.0 cm³/mol. The van der Waals surface area contributed by atoms with Gasteiger partial charge in [-0.1, -0.05) is 32.0 Å². The molecule has 94 valence electrons. The van der Waals surface area contributed by atoms with Crippen LogP contribution < -0.4 is 0 Å². The number of rotatable bonds is 3. The smallest absolute Gasteiger partial charge is 0.144 e. The van der Waals surface area contributed by atoms with Crippen molar-refractivity contribution in [3.8, 4) is 0 Å². The highest BCUT2D eigenvalue weighted by molar-refractivity contribution is 7.85. The standard InChI is InChI=1S/C14H21NOS/c1-11(2)13-8-6-7-12(9-13)10-15-17(16)14(3,4)5/h6-11H,1-5H3/b15-10+. The summed E-state index contributed by atoms with van der Waals surface area (Å²) in [6.45, 7) is 10.1. The quantitative estimate of drug-likeness (QED) is 0.753. The van der Waals surface area contributed by atoms with E-state index in [1.165, 1.54) is 5.56 Å². The maximum atomic E-state index is 11.8. The second-order valence-electron chi connectivity index (χ2n) is 5.42. The molecule has 1 aromatic rings. The van der Waals surface area contributed by atoms with Crippen LogP contribution in [0.2, 0.25) is 0 Å². The van der Waals surface area contributed by atoms with E-state index in [0.29, 0.717) is 5.92 Å². The van der Waals surface area contributed by atoms with Gasteiger partial charge in [-0.2, -0.15) is 4.40 Å². The third kappa shape index (κ3) is 4.43. The van der Waals surface area contributed by atoms with Gasteiger partial charge >= 0.3 is 0 Å². The van der Waals surface area contributed by atoms with Gasteiger partial charge in [0.2, 0.25) is 0 Å². The van der Waals surface area contributed by atoms with Crippen LogP contribution in [0.1, 0.15) is 51.7 Å². The molecule has 17 heavy (non-hydrogen) atoms. The summed E-state index contributed by atoms with van der Waals surface area (Å²) >= 11 is 0. The van der Waals surface area contributed by atoms with Crippen molar-refractivity contribution in [1.29, 1.82) is 0 Å². The Morgan fingerprint density at radius 1 is 1.29 bits per heavy atom. The first-order chi connectivity index (χ1) is 7.80. The molecule has 1 unspecified atom stereocenters. The Balaban J connectivity index is 2.85. The Morgan fingerprint density at radius 3 is 2.47 bits per heavy atom. The normalized spacial score (nSPS) is 14.5. The lowest BCUT2D eigenvalue weighted by Crippen LogP contribution is -2.19. The van der Waals surface area contributed by atoms with Crippen molar-refractivity contribution in [3.05, 3.63) is 35.4 Å². The molecule has 0 saturated carbocycles. The van der Waals surface area contributed by atoms with Gasteiger partial charge in [0.1, 0.15) is 11.0 Å². The fourth-order valence-corrected chi connectivity index (χ4v) is 1.80. The Kier molecular flexibility index (Phi) is 4.63. The molecular formula is C14H21NOS. The molecule has 3 heteroatoms. The lowest BCUT2D eigenvalue weighted by Gasteiger charge is -2.12. The summed E-state index contributed by atoms with van der Waals surface area (Å²) < 4.78 is 15.6. The van der Waals surface area contributed by atoms with Gasteiger partial charge < -0.3 is 0 Å². The monoisotopic (exact) mass is 251 g/mol. The molecule has 1 aromatic carbocycles. The van der Waals surface area contributed by atoms with Crippen LogP contribution in [-0.4, -0.2) is 15.2 Å². The van der Waals surface area contributed by atoms with Gasteiger partial charge in [0.25, 0.3) is 0 Å². The summed E-state index contributed by atoms with van der Waals surface area (Å²) in [5, 5.41) is 0. The zero-order valence-electron chi connectivity index (χ0n) is 11.2. The Morgan fingerprint density at radius 2 is 1.94 bits per heavy atom. The maximum Gasteiger partial charge on any atom is 0.144 e. The fraction of sp³-hybridized carbons (Fsp3) is 0.500. The van der Waals surface area contributed by atoms with E-state index in [-0.39, 0.29) is 4.75 Å². The van der Waals surface area contributed by atoms with Crippen LogP contribution in [0.3, 0.4) is 0 Å². The molecule has 0 heterocycles. The van der Waals surface area contributed by atoms with E-state index in [2.05, 4.69) is 30.4 Å². The van der Waals surface area contributed by atoms with E-state index in [9.17, 15) is 4.21 Å². The second kappa shape index (κ2) is 5.58. The van der Waals surface area contributed by atoms with E-state index in [1.807, 2.05) is 32.9 Å². The molecule has 1 rings (SSSR count). The van der Waals surface area contributed by atoms with Crippen LogP contribution in [0.15, 0.2) is 28.7 Å². The molecule has 0 aliphatic rings.